The van der Waals surface area contributed by atoms with Gasteiger partial charge in [-0.3, -0.25) is 14.2 Å². The molecule has 1 aromatic carbocycles. The van der Waals surface area contributed by atoms with Gasteiger partial charge in [0, 0.05) is 58.2 Å². The lowest BCUT2D eigenvalue weighted by Gasteiger charge is -2.42. The minimum absolute atomic E-state index is 0.0150. The minimum atomic E-state index is -0.327. The molecule has 1 N–H and O–H groups in total. The number of rotatable bonds is 9. The second kappa shape index (κ2) is 11.8. The first-order valence-electron chi connectivity index (χ1n) is 11.4. The van der Waals surface area contributed by atoms with Gasteiger partial charge < -0.3 is 24.6 Å². The molecule has 0 saturated carbocycles. The van der Waals surface area contributed by atoms with Crippen LogP contribution in [0.2, 0.25) is 5.15 Å². The van der Waals surface area contributed by atoms with Crippen LogP contribution in [0.3, 0.4) is 0 Å². The van der Waals surface area contributed by atoms with E-state index in [1.807, 2.05) is 29.2 Å². The smallest absolute Gasteiger partial charge is 0.248 e. The van der Waals surface area contributed by atoms with Gasteiger partial charge in [-0.25, -0.2) is 9.97 Å². The van der Waals surface area contributed by atoms with Crippen molar-refractivity contribution in [3.05, 3.63) is 59.8 Å². The molecule has 1 unspecified atom stereocenters. The Bertz CT molecular complexity index is 1190. The summed E-state index contributed by atoms with van der Waals surface area (Å²) < 4.78 is 11.9. The van der Waals surface area contributed by atoms with Gasteiger partial charge in [-0.2, -0.15) is 4.98 Å². The van der Waals surface area contributed by atoms with Gasteiger partial charge in [-0.05, 0) is 17.7 Å². The van der Waals surface area contributed by atoms with Crippen LogP contribution < -0.4 is 15.0 Å². The Labute approximate surface area is 214 Å². The molecule has 1 atom stereocenters. The Balaban J connectivity index is 1.52. The van der Waals surface area contributed by atoms with Crippen molar-refractivity contribution in [3.8, 4) is 11.7 Å². The van der Waals surface area contributed by atoms with Crippen molar-refractivity contribution in [2.75, 3.05) is 45.4 Å². The molecular weight excluding hydrogens is 486 g/mol. The number of imidazole rings is 1. The summed E-state index contributed by atoms with van der Waals surface area (Å²) >= 11 is 6.32. The fourth-order valence-corrected chi connectivity index (χ4v) is 4.25. The number of nitrogens with one attached hydrogen (secondary N) is 1. The first-order chi connectivity index (χ1) is 17.5. The molecule has 1 fully saturated rings. The Hall–Kier alpha value is -3.70. The maximum Gasteiger partial charge on any atom is 0.248 e. The van der Waals surface area contributed by atoms with Crippen molar-refractivity contribution in [1.29, 1.82) is 0 Å². The molecule has 12 heteroatoms. The normalized spacial score (nSPS) is 15.6. The van der Waals surface area contributed by atoms with E-state index in [9.17, 15) is 9.59 Å². The largest absolute Gasteiger partial charge is 0.497 e. The Morgan fingerprint density at radius 1 is 1.19 bits per heavy atom. The van der Waals surface area contributed by atoms with Crippen LogP contribution in [0.1, 0.15) is 12.0 Å². The summed E-state index contributed by atoms with van der Waals surface area (Å²) in [6, 6.07) is 8.85. The number of nitrogens with zero attached hydrogens (tertiary/aromatic N) is 6. The van der Waals surface area contributed by atoms with Gasteiger partial charge in [0.1, 0.15) is 29.7 Å². The predicted molar refractivity (Wildman–Crippen MR) is 133 cm³/mol. The molecule has 0 spiro atoms. The monoisotopic (exact) mass is 513 g/mol. The maximum atomic E-state index is 13.0. The molecule has 36 heavy (non-hydrogen) atoms. The maximum absolute atomic E-state index is 13.0. The summed E-state index contributed by atoms with van der Waals surface area (Å²) in [5.74, 6) is 1.39. The summed E-state index contributed by atoms with van der Waals surface area (Å²) in [4.78, 5) is 42.2. The number of hydrogen-bond acceptors (Lipinski definition) is 8. The van der Waals surface area contributed by atoms with Crippen molar-refractivity contribution >= 4 is 29.2 Å². The second-order valence-corrected chi connectivity index (χ2v) is 8.66. The number of amides is 2. The number of ether oxygens (including phenoxy) is 2. The highest BCUT2D eigenvalue weighted by Gasteiger charge is 2.32. The van der Waals surface area contributed by atoms with E-state index in [4.69, 9.17) is 21.1 Å². The van der Waals surface area contributed by atoms with Crippen LogP contribution in [0.25, 0.3) is 5.95 Å². The minimum Gasteiger partial charge on any atom is -0.497 e. The van der Waals surface area contributed by atoms with Crippen molar-refractivity contribution in [1.82, 2.24) is 29.7 Å². The van der Waals surface area contributed by atoms with Crippen LogP contribution in [0.15, 0.2) is 49.1 Å². The summed E-state index contributed by atoms with van der Waals surface area (Å²) in [6.07, 6.45) is 5.09. The van der Waals surface area contributed by atoms with Crippen molar-refractivity contribution in [2.45, 2.75) is 19.0 Å². The molecule has 4 rings (SSSR count). The van der Waals surface area contributed by atoms with Crippen LogP contribution in [-0.4, -0.2) is 82.7 Å². The van der Waals surface area contributed by atoms with E-state index in [1.54, 1.807) is 41.4 Å². The third kappa shape index (κ3) is 6.29. The lowest BCUT2D eigenvalue weighted by molar-refractivity contribution is -0.136. The number of methoxy groups -OCH3 is 2. The van der Waals surface area contributed by atoms with Gasteiger partial charge in [0.05, 0.1) is 13.2 Å². The molecule has 2 aromatic heterocycles. The highest BCUT2D eigenvalue weighted by molar-refractivity contribution is 6.29. The van der Waals surface area contributed by atoms with Gasteiger partial charge in [0.25, 0.3) is 0 Å². The first-order valence-corrected chi connectivity index (χ1v) is 11.8. The molecule has 0 bridgehead atoms. The van der Waals surface area contributed by atoms with E-state index < -0.39 is 0 Å². The standard InChI is InChI=1S/C24H28ClN7O4/c1-35-15-23(34)30-8-9-32(21-12-20(25)28-24(29-21)31-7-6-26-16-31)18(14-30)11-22(33)27-13-17-4-3-5-19(10-17)36-2/h3-7,10,12,16,18H,8-9,11,13-15H2,1-2H3,(H,27,33). The van der Waals surface area contributed by atoms with E-state index in [0.29, 0.717) is 37.9 Å². The van der Waals surface area contributed by atoms with Crippen LogP contribution in [0.5, 0.6) is 5.75 Å². The highest BCUT2D eigenvalue weighted by atomic mass is 35.5. The van der Waals surface area contributed by atoms with Gasteiger partial charge in [-0.1, -0.05) is 23.7 Å². The van der Waals surface area contributed by atoms with E-state index >= 15 is 0 Å². The van der Waals surface area contributed by atoms with Crippen LogP contribution >= 0.6 is 11.6 Å². The number of aromatic nitrogens is 4. The van der Waals surface area contributed by atoms with Gasteiger partial charge in [-0.15, -0.1) is 0 Å². The third-order valence-electron chi connectivity index (χ3n) is 5.85. The quantitative estimate of drug-likeness (QED) is 0.430. The average molecular weight is 514 g/mol. The molecule has 190 valence electrons. The molecule has 0 aliphatic carbocycles. The molecule has 3 aromatic rings. The van der Waals surface area contributed by atoms with Crippen molar-refractivity contribution in [3.63, 3.8) is 0 Å². The fraction of sp³-hybridized carbons (Fsp3) is 0.375. The van der Waals surface area contributed by atoms with Gasteiger partial charge in [0.2, 0.25) is 17.8 Å². The zero-order valence-corrected chi connectivity index (χ0v) is 20.9. The lowest BCUT2D eigenvalue weighted by Crippen LogP contribution is -2.57. The molecule has 11 nitrogen and oxygen atoms in total. The number of benzene rings is 1. The van der Waals surface area contributed by atoms with Gasteiger partial charge >= 0.3 is 0 Å². The molecule has 0 radical (unpaired) electrons. The average Bonchev–Trinajstić information content (AvgIpc) is 3.43. The lowest BCUT2D eigenvalue weighted by atomic mass is 10.1. The summed E-state index contributed by atoms with van der Waals surface area (Å²) in [5.41, 5.74) is 0.924. The van der Waals surface area contributed by atoms with E-state index in [1.165, 1.54) is 7.11 Å². The Morgan fingerprint density at radius 3 is 2.81 bits per heavy atom. The number of carbonyl (C=O) groups is 2. The summed E-state index contributed by atoms with van der Waals surface area (Å²) in [5, 5.41) is 3.23. The third-order valence-corrected chi connectivity index (χ3v) is 6.04. The number of halogens is 1. The summed E-state index contributed by atoms with van der Waals surface area (Å²) in [7, 11) is 3.09. The molecule has 1 saturated heterocycles. The first kappa shape index (κ1) is 25.4. The van der Waals surface area contributed by atoms with Crippen molar-refractivity contribution < 1.29 is 19.1 Å². The molecule has 2 amide bonds. The molecule has 3 heterocycles. The predicted octanol–water partition coefficient (Wildman–Crippen LogP) is 1.69. The van der Waals surface area contributed by atoms with Gasteiger partial charge in [0.15, 0.2) is 0 Å². The number of hydrogen-bond donors (Lipinski definition) is 1. The fourth-order valence-electron chi connectivity index (χ4n) is 4.08. The van der Waals surface area contributed by atoms with E-state index in [-0.39, 0.29) is 36.0 Å². The van der Waals surface area contributed by atoms with Crippen molar-refractivity contribution in [2.24, 2.45) is 0 Å². The molecule has 1 aliphatic heterocycles. The number of piperazine rings is 1. The highest BCUT2D eigenvalue weighted by Crippen LogP contribution is 2.24. The molecular formula is C24H28ClN7O4. The second-order valence-electron chi connectivity index (χ2n) is 8.27. The SMILES string of the molecule is COCC(=O)N1CCN(c2cc(Cl)nc(-n3ccnc3)n2)C(CC(=O)NCc2cccc(OC)c2)C1. The zero-order valence-electron chi connectivity index (χ0n) is 20.1. The van der Waals surface area contributed by atoms with Crippen LogP contribution in [-0.2, 0) is 20.9 Å². The number of anilines is 1. The Kier molecular flexibility index (Phi) is 8.34. The zero-order chi connectivity index (χ0) is 25.5. The Morgan fingerprint density at radius 2 is 2.06 bits per heavy atom. The topological polar surface area (TPSA) is 115 Å². The van der Waals surface area contributed by atoms with Crippen LogP contribution in [0.4, 0.5) is 5.82 Å². The summed E-state index contributed by atoms with van der Waals surface area (Å²) in [6.45, 7) is 1.63. The van der Waals surface area contributed by atoms with Crippen LogP contribution in [0, 0.1) is 0 Å². The van der Waals surface area contributed by atoms with E-state index in [2.05, 4.69) is 20.3 Å². The number of carbonyl (C=O) groups excluding carboxylic acids is 2. The molecule has 1 aliphatic rings. The van der Waals surface area contributed by atoms with E-state index in [0.717, 1.165) is 11.3 Å².